The molecule has 2 N–H and O–H groups in total. The number of halogens is 1. The van der Waals surface area contributed by atoms with Crippen LogP contribution >= 0.6 is 0 Å². The molecule has 0 bridgehead atoms. The zero-order valence-electron chi connectivity index (χ0n) is 18.3. The van der Waals surface area contributed by atoms with Crippen LogP contribution < -0.4 is 5.32 Å². The Kier molecular flexibility index (Phi) is 6.16. The highest BCUT2D eigenvalue weighted by Crippen LogP contribution is 2.43. The number of hydrogen-bond acceptors (Lipinski definition) is 7. The Morgan fingerprint density at radius 2 is 2.16 bits per heavy atom. The number of nitrogens with one attached hydrogen (secondary N) is 2. The molecule has 0 radical (unpaired) electrons. The first-order valence-corrected chi connectivity index (χ1v) is 10.8. The average Bonchev–Trinajstić information content (AvgIpc) is 3.40. The quantitative estimate of drug-likeness (QED) is 0.498. The van der Waals surface area contributed by atoms with Crippen molar-refractivity contribution in [2.45, 2.75) is 52.0 Å². The van der Waals surface area contributed by atoms with Gasteiger partial charge in [-0.05, 0) is 31.2 Å². The summed E-state index contributed by atoms with van der Waals surface area (Å²) in [6, 6.07) is 1.19. The molecule has 1 atom stereocenters. The van der Waals surface area contributed by atoms with Gasteiger partial charge < -0.3 is 10.1 Å². The number of hydrogen-bond donors (Lipinski definition) is 2. The third kappa shape index (κ3) is 4.32. The number of fused-ring (bicyclic) bond motifs is 1. The number of rotatable bonds is 8. The largest absolute Gasteiger partial charge is 0.466 e. The third-order valence-electron chi connectivity index (χ3n) is 6.21. The fourth-order valence-electron chi connectivity index (χ4n) is 4.38. The summed E-state index contributed by atoms with van der Waals surface area (Å²) in [5.41, 5.74) is 1.49. The molecule has 0 aliphatic heterocycles. The van der Waals surface area contributed by atoms with Gasteiger partial charge in [-0.3, -0.25) is 9.89 Å². The second kappa shape index (κ2) is 9.02. The van der Waals surface area contributed by atoms with Crippen molar-refractivity contribution in [1.82, 2.24) is 25.1 Å². The minimum absolute atomic E-state index is 0.0654. The van der Waals surface area contributed by atoms with E-state index in [9.17, 15) is 9.18 Å². The molecule has 1 fully saturated rings. The SMILES string of the molecule is C=Cc1cnc(-c2[nH]nc3ncc(F)cc23)nc1NC(CC(=O)OCC)C1(C)CCCC1. The molecule has 3 aromatic rings. The van der Waals surface area contributed by atoms with E-state index in [1.165, 1.54) is 6.07 Å². The number of nitrogens with zero attached hydrogens (tertiary/aromatic N) is 4. The number of ether oxygens (including phenoxy) is 1. The highest BCUT2D eigenvalue weighted by atomic mass is 19.1. The number of aromatic amines is 1. The number of aromatic nitrogens is 5. The maximum absolute atomic E-state index is 13.8. The van der Waals surface area contributed by atoms with Crippen LogP contribution in [-0.2, 0) is 9.53 Å². The summed E-state index contributed by atoms with van der Waals surface area (Å²) >= 11 is 0. The molecule has 168 valence electrons. The van der Waals surface area contributed by atoms with Gasteiger partial charge in [0.05, 0.1) is 24.6 Å². The molecule has 8 nitrogen and oxygen atoms in total. The van der Waals surface area contributed by atoms with E-state index >= 15 is 0 Å². The number of pyridine rings is 1. The van der Waals surface area contributed by atoms with E-state index < -0.39 is 5.82 Å². The van der Waals surface area contributed by atoms with E-state index in [-0.39, 0.29) is 23.8 Å². The van der Waals surface area contributed by atoms with Gasteiger partial charge in [-0.1, -0.05) is 32.4 Å². The number of H-pyrrole nitrogens is 1. The van der Waals surface area contributed by atoms with Gasteiger partial charge in [-0.15, -0.1) is 0 Å². The van der Waals surface area contributed by atoms with E-state index in [2.05, 4.69) is 39.0 Å². The van der Waals surface area contributed by atoms with Crippen LogP contribution in [0.4, 0.5) is 10.2 Å². The van der Waals surface area contributed by atoms with Crippen molar-refractivity contribution in [2.24, 2.45) is 5.41 Å². The van der Waals surface area contributed by atoms with Crippen LogP contribution in [0.1, 0.15) is 51.5 Å². The second-order valence-corrected chi connectivity index (χ2v) is 8.39. The summed E-state index contributed by atoms with van der Waals surface area (Å²) in [6.45, 7) is 8.21. The number of carbonyl (C=O) groups is 1. The van der Waals surface area contributed by atoms with Gasteiger partial charge in [-0.2, -0.15) is 5.10 Å². The van der Waals surface area contributed by atoms with Gasteiger partial charge in [0.15, 0.2) is 11.5 Å². The molecule has 9 heteroatoms. The lowest BCUT2D eigenvalue weighted by Crippen LogP contribution is -2.39. The van der Waals surface area contributed by atoms with Crippen LogP contribution in [0, 0.1) is 11.2 Å². The second-order valence-electron chi connectivity index (χ2n) is 8.39. The molecule has 1 aliphatic rings. The van der Waals surface area contributed by atoms with Crippen molar-refractivity contribution in [1.29, 1.82) is 0 Å². The van der Waals surface area contributed by atoms with Crippen LogP contribution in [-0.4, -0.2) is 43.8 Å². The fraction of sp³-hybridized carbons (Fsp3) is 0.435. The van der Waals surface area contributed by atoms with Gasteiger partial charge in [0.2, 0.25) is 0 Å². The van der Waals surface area contributed by atoms with Crippen LogP contribution in [0.2, 0.25) is 0 Å². The van der Waals surface area contributed by atoms with Crippen LogP contribution in [0.3, 0.4) is 0 Å². The normalized spacial score (nSPS) is 16.1. The summed E-state index contributed by atoms with van der Waals surface area (Å²) in [5, 5.41) is 11.0. The highest BCUT2D eigenvalue weighted by Gasteiger charge is 2.39. The highest BCUT2D eigenvalue weighted by molar-refractivity contribution is 5.89. The zero-order chi connectivity index (χ0) is 22.7. The monoisotopic (exact) mass is 438 g/mol. The van der Waals surface area contributed by atoms with Crippen LogP contribution in [0.25, 0.3) is 28.6 Å². The Balaban J connectivity index is 1.71. The Labute approximate surface area is 185 Å². The Morgan fingerprint density at radius 1 is 1.38 bits per heavy atom. The van der Waals surface area contributed by atoms with Crippen molar-refractivity contribution in [3.8, 4) is 11.5 Å². The molecule has 0 amide bonds. The lowest BCUT2D eigenvalue weighted by Gasteiger charge is -2.35. The first kappa shape index (κ1) is 21.9. The lowest BCUT2D eigenvalue weighted by atomic mass is 9.79. The van der Waals surface area contributed by atoms with Gasteiger partial charge in [-0.25, -0.2) is 19.3 Å². The zero-order valence-corrected chi connectivity index (χ0v) is 18.3. The van der Waals surface area contributed by atoms with Gasteiger partial charge in [0, 0.05) is 17.8 Å². The lowest BCUT2D eigenvalue weighted by molar-refractivity contribution is -0.144. The maximum Gasteiger partial charge on any atom is 0.307 e. The van der Waals surface area contributed by atoms with E-state index in [1.807, 2.05) is 0 Å². The first-order chi connectivity index (χ1) is 15.4. The number of esters is 1. The van der Waals surface area contributed by atoms with Crippen molar-refractivity contribution in [2.75, 3.05) is 11.9 Å². The summed E-state index contributed by atoms with van der Waals surface area (Å²) in [7, 11) is 0. The maximum atomic E-state index is 13.8. The van der Waals surface area contributed by atoms with Gasteiger partial charge in [0.25, 0.3) is 0 Å². The molecule has 4 rings (SSSR count). The Morgan fingerprint density at radius 3 is 2.88 bits per heavy atom. The van der Waals surface area contributed by atoms with Crippen molar-refractivity contribution in [3.05, 3.63) is 36.4 Å². The molecular weight excluding hydrogens is 411 g/mol. The third-order valence-corrected chi connectivity index (χ3v) is 6.21. The molecule has 0 saturated heterocycles. The molecule has 3 heterocycles. The van der Waals surface area contributed by atoms with Crippen LogP contribution in [0.15, 0.2) is 25.0 Å². The standard InChI is InChI=1S/C23H27FN6O2/c1-4-14-12-25-22(19-16-10-15(24)13-26-21(16)30-29-19)28-20(14)27-17(11-18(31)32-5-2)23(3)8-6-7-9-23/h4,10,12-13,17H,1,5-9,11H2,2-3H3,(H,25,27,28)(H,26,29,30). The van der Waals surface area contributed by atoms with E-state index in [0.717, 1.165) is 31.9 Å². The minimum Gasteiger partial charge on any atom is -0.466 e. The number of carbonyl (C=O) groups excluding carboxylic acids is 1. The summed E-state index contributed by atoms with van der Waals surface area (Å²) in [4.78, 5) is 25.4. The van der Waals surface area contributed by atoms with E-state index in [0.29, 0.717) is 40.5 Å². The van der Waals surface area contributed by atoms with Crippen molar-refractivity contribution < 1.29 is 13.9 Å². The predicted octanol–water partition coefficient (Wildman–Crippen LogP) is 4.51. The fourth-order valence-corrected chi connectivity index (χ4v) is 4.38. The summed E-state index contributed by atoms with van der Waals surface area (Å²) < 4.78 is 19.0. The molecule has 1 aliphatic carbocycles. The first-order valence-electron chi connectivity index (χ1n) is 10.8. The topological polar surface area (TPSA) is 106 Å². The molecule has 1 saturated carbocycles. The molecule has 1 unspecified atom stereocenters. The Hall–Kier alpha value is -3.36. The van der Waals surface area contributed by atoms with Gasteiger partial charge >= 0.3 is 5.97 Å². The smallest absolute Gasteiger partial charge is 0.307 e. The van der Waals surface area contributed by atoms with E-state index in [1.54, 1.807) is 19.2 Å². The average molecular weight is 439 g/mol. The molecule has 0 aromatic carbocycles. The summed E-state index contributed by atoms with van der Waals surface area (Å²) in [6.07, 6.45) is 8.95. The Bertz CT molecular complexity index is 1140. The minimum atomic E-state index is -0.468. The summed E-state index contributed by atoms with van der Waals surface area (Å²) in [5.74, 6) is 0.192. The number of anilines is 1. The molecular formula is C23H27FN6O2. The molecule has 0 spiro atoms. The van der Waals surface area contributed by atoms with Crippen molar-refractivity contribution >= 4 is 28.9 Å². The van der Waals surface area contributed by atoms with Gasteiger partial charge in [0.1, 0.15) is 17.3 Å². The van der Waals surface area contributed by atoms with Crippen LogP contribution in [0.5, 0.6) is 0 Å². The molecule has 32 heavy (non-hydrogen) atoms. The van der Waals surface area contributed by atoms with E-state index in [4.69, 9.17) is 9.72 Å². The predicted molar refractivity (Wildman–Crippen MR) is 120 cm³/mol. The van der Waals surface area contributed by atoms with Crippen molar-refractivity contribution in [3.63, 3.8) is 0 Å². The molecule has 3 aromatic heterocycles.